The van der Waals surface area contributed by atoms with Crippen LogP contribution in [0.2, 0.25) is 0 Å². The summed E-state index contributed by atoms with van der Waals surface area (Å²) in [5.74, 6) is 2.14. The summed E-state index contributed by atoms with van der Waals surface area (Å²) >= 11 is 0. The Labute approximate surface area is 411 Å². The summed E-state index contributed by atoms with van der Waals surface area (Å²) in [5, 5.41) is 2.45. The van der Waals surface area contributed by atoms with Crippen LogP contribution < -0.4 is 21.3 Å². The van der Waals surface area contributed by atoms with Crippen LogP contribution in [0.25, 0.3) is 21.9 Å². The van der Waals surface area contributed by atoms with Crippen molar-refractivity contribution >= 4 is 56.4 Å². The fourth-order valence-electron chi connectivity index (χ4n) is 18.3. The van der Waals surface area contributed by atoms with Gasteiger partial charge in [-0.25, -0.2) is 0 Å². The Morgan fingerprint density at radius 1 is 0.565 bits per heavy atom. The van der Waals surface area contributed by atoms with Crippen LogP contribution in [-0.4, -0.2) is 12.3 Å². The molecule has 3 heteroatoms. The van der Waals surface area contributed by atoms with Crippen LogP contribution in [0.3, 0.4) is 0 Å². The third kappa shape index (κ3) is 5.07. The molecule has 8 atom stereocenters. The average molecular weight is 904 g/mol. The van der Waals surface area contributed by atoms with E-state index in [1.807, 2.05) is 0 Å². The molecule has 3 fully saturated rings. The summed E-state index contributed by atoms with van der Waals surface area (Å²) in [6, 6.07) is 42.2. The van der Waals surface area contributed by atoms with Gasteiger partial charge in [-0.3, -0.25) is 0 Å². The molecule has 8 aliphatic rings. The van der Waals surface area contributed by atoms with Gasteiger partial charge in [-0.05, 0) is 185 Å². The van der Waals surface area contributed by atoms with E-state index < -0.39 is 0 Å². The third-order valence-corrected chi connectivity index (χ3v) is 22.4. The summed E-state index contributed by atoms with van der Waals surface area (Å²) in [7, 11) is 0. The Hall–Kier alpha value is -5.02. The van der Waals surface area contributed by atoms with E-state index in [0.29, 0.717) is 23.2 Å². The highest BCUT2D eigenvalue weighted by molar-refractivity contribution is 6.97. The van der Waals surface area contributed by atoms with Crippen LogP contribution in [-0.2, 0) is 28.1 Å². The number of hydrogen-bond acceptors (Lipinski definition) is 2. The molecule has 6 aromatic carbocycles. The highest BCUT2D eigenvalue weighted by Gasteiger charge is 2.71. The van der Waals surface area contributed by atoms with E-state index in [1.54, 1.807) is 60.9 Å². The van der Waals surface area contributed by atoms with Crippen molar-refractivity contribution in [2.45, 2.75) is 178 Å². The van der Waals surface area contributed by atoms with Gasteiger partial charge in [0.2, 0.25) is 6.71 Å². The van der Waals surface area contributed by atoms with Gasteiger partial charge in [0.25, 0.3) is 0 Å². The second-order valence-electron chi connectivity index (χ2n) is 26.5. The molecule has 0 saturated heterocycles. The number of benzene rings is 6. The lowest BCUT2D eigenvalue weighted by molar-refractivity contribution is 0.0504. The van der Waals surface area contributed by atoms with E-state index in [2.05, 4.69) is 170 Å². The number of fused-ring (bicyclic) bond motifs is 15. The maximum absolute atomic E-state index is 6.43. The Balaban J connectivity index is 0.983. The van der Waals surface area contributed by atoms with Crippen LogP contribution >= 0.6 is 0 Å². The van der Waals surface area contributed by atoms with E-state index in [-0.39, 0.29) is 39.8 Å². The molecular formula is C66H70BNO. The van der Waals surface area contributed by atoms with E-state index >= 15 is 0 Å². The number of aryl methyl sites for hydroxylation is 1. The van der Waals surface area contributed by atoms with Gasteiger partial charge in [-0.15, -0.1) is 0 Å². The van der Waals surface area contributed by atoms with Gasteiger partial charge in [0.1, 0.15) is 11.2 Å². The van der Waals surface area contributed by atoms with Crippen molar-refractivity contribution in [1.82, 2.24) is 0 Å². The number of hydrogen-bond donors (Lipinski definition) is 0. The molecule has 4 heterocycles. The molecule has 5 aliphatic carbocycles. The van der Waals surface area contributed by atoms with Gasteiger partial charge in [0.15, 0.2) is 0 Å². The molecule has 69 heavy (non-hydrogen) atoms. The highest BCUT2D eigenvalue weighted by atomic mass is 16.3. The van der Waals surface area contributed by atoms with Gasteiger partial charge in [0.05, 0.1) is 5.54 Å². The predicted octanol–water partition coefficient (Wildman–Crippen LogP) is 14.9. The van der Waals surface area contributed by atoms with Crippen LogP contribution in [0.15, 0.2) is 108 Å². The van der Waals surface area contributed by atoms with E-state index in [0.717, 1.165) is 17.6 Å². The van der Waals surface area contributed by atoms with Gasteiger partial charge < -0.3 is 9.32 Å². The van der Waals surface area contributed by atoms with E-state index in [1.165, 1.54) is 97.5 Å². The Bertz CT molecular complexity index is 3420. The maximum atomic E-state index is 6.43. The Kier molecular flexibility index (Phi) is 8.03. The second-order valence-corrected chi connectivity index (χ2v) is 26.5. The molecule has 7 aromatic rings. The molecule has 0 radical (unpaired) electrons. The van der Waals surface area contributed by atoms with Gasteiger partial charge in [-0.1, -0.05) is 163 Å². The molecule has 0 bridgehead atoms. The smallest absolute Gasteiger partial charge is 0.242 e. The molecule has 0 amide bonds. The second kappa shape index (κ2) is 13.3. The molecule has 1 aromatic heterocycles. The minimum atomic E-state index is -0.0293. The first kappa shape index (κ1) is 41.7. The van der Waals surface area contributed by atoms with Crippen molar-refractivity contribution in [2.24, 2.45) is 11.3 Å². The van der Waals surface area contributed by atoms with Gasteiger partial charge >= 0.3 is 0 Å². The summed E-state index contributed by atoms with van der Waals surface area (Å²) < 4.78 is 6.43. The molecule has 2 nitrogen and oxygen atoms in total. The highest BCUT2D eigenvalue weighted by Crippen LogP contribution is 2.78. The normalized spacial score (nSPS) is 32.3. The zero-order valence-electron chi connectivity index (χ0n) is 42.8. The van der Waals surface area contributed by atoms with Crippen molar-refractivity contribution < 1.29 is 4.42 Å². The number of nitrogens with zero attached hydrogens (tertiary/aromatic N) is 1. The lowest BCUT2D eigenvalue weighted by atomic mass is 9.30. The molecule has 0 spiro atoms. The molecule has 3 aliphatic heterocycles. The lowest BCUT2D eigenvalue weighted by Gasteiger charge is -2.55. The minimum Gasteiger partial charge on any atom is -0.456 e. The number of furan rings is 1. The summed E-state index contributed by atoms with van der Waals surface area (Å²) in [5.41, 5.74) is 26.4. The van der Waals surface area contributed by atoms with Crippen molar-refractivity contribution in [3.05, 3.63) is 159 Å². The summed E-state index contributed by atoms with van der Waals surface area (Å²) in [6.07, 6.45) is 13.9. The number of anilines is 2. The van der Waals surface area contributed by atoms with Crippen LogP contribution in [0.5, 0.6) is 0 Å². The van der Waals surface area contributed by atoms with Crippen LogP contribution in [0, 0.1) is 18.3 Å². The number of para-hydroxylation sites is 1. The molecular weight excluding hydrogens is 834 g/mol. The standard InChI is InChI=1S/C66H70BNO/c1-38-31-45-42(33-39-21-24-55-44(34-39)41-17-10-11-20-54(41)69-55)43-35-40(68-53-37-49-48(61(2,3)29-30-62(49,4)5)36-50(53)64(7)26-14-15-28-66(64,68)9)22-23-51(43)67-52-19-16-18-47-57(52)58-56(46(32-38)60(45)67)59(58)65(8)27-13-12-25-63(47,65)6/h10-11,16-24,31-32,34-37,42,56,58-59H,12-15,25-30,33H2,1-9H3. The zero-order valence-corrected chi connectivity index (χ0v) is 42.8. The zero-order chi connectivity index (χ0) is 46.9. The summed E-state index contributed by atoms with van der Waals surface area (Å²) in [4.78, 5) is 2.92. The lowest BCUT2D eigenvalue weighted by Crippen LogP contribution is -2.61. The Morgan fingerprint density at radius 3 is 2.12 bits per heavy atom. The number of rotatable bonds is 3. The molecule has 3 saturated carbocycles. The molecule has 0 N–H and O–H groups in total. The van der Waals surface area contributed by atoms with Crippen molar-refractivity contribution in [1.29, 1.82) is 0 Å². The monoisotopic (exact) mass is 904 g/mol. The quantitative estimate of drug-likeness (QED) is 0.164. The maximum Gasteiger partial charge on any atom is 0.242 e. The molecule has 15 rings (SSSR count). The Morgan fingerprint density at radius 2 is 1.29 bits per heavy atom. The predicted molar refractivity (Wildman–Crippen MR) is 289 cm³/mol. The fourth-order valence-corrected chi connectivity index (χ4v) is 18.3. The van der Waals surface area contributed by atoms with E-state index in [4.69, 9.17) is 4.42 Å². The minimum absolute atomic E-state index is 0.0293. The molecule has 348 valence electrons. The average Bonchev–Trinajstić information content (AvgIpc) is 3.95. The third-order valence-electron chi connectivity index (χ3n) is 22.4. The van der Waals surface area contributed by atoms with Crippen LogP contribution in [0.4, 0.5) is 11.4 Å². The first-order valence-corrected chi connectivity index (χ1v) is 27.4. The first-order chi connectivity index (χ1) is 33.1. The van der Waals surface area contributed by atoms with Crippen molar-refractivity contribution in [3.8, 4) is 0 Å². The molecule has 8 unspecified atom stereocenters. The van der Waals surface area contributed by atoms with E-state index in [9.17, 15) is 0 Å². The topological polar surface area (TPSA) is 16.4 Å². The largest absolute Gasteiger partial charge is 0.456 e. The van der Waals surface area contributed by atoms with Crippen molar-refractivity contribution in [2.75, 3.05) is 4.90 Å². The van der Waals surface area contributed by atoms with Gasteiger partial charge in [0, 0.05) is 33.5 Å². The summed E-state index contributed by atoms with van der Waals surface area (Å²) in [6.45, 7) is 23.4. The van der Waals surface area contributed by atoms with Gasteiger partial charge in [-0.2, -0.15) is 0 Å². The van der Waals surface area contributed by atoms with Crippen LogP contribution in [0.1, 0.15) is 193 Å². The van der Waals surface area contributed by atoms with Crippen molar-refractivity contribution in [3.63, 3.8) is 0 Å². The fraction of sp³-hybridized carbons (Fsp3) is 0.455. The first-order valence-electron chi connectivity index (χ1n) is 27.4. The SMILES string of the molecule is Cc1cc2c3c(c1)C1C4c5c(cccc5C5(C)CCCCC5(C)C14)B3c1ccc(N3c4cc5c(cc4C4(C)CCCCC34C)C(C)(C)CCC5(C)C)cc1C2Cc1ccc2oc3ccccc3c2c1.